The highest BCUT2D eigenvalue weighted by Gasteiger charge is 2.50. The molecule has 1 saturated carbocycles. The summed E-state index contributed by atoms with van der Waals surface area (Å²) in [6.45, 7) is 3.28. The molecule has 1 aromatic heterocycles. The molecular formula is C20H26N2O2S. The van der Waals surface area contributed by atoms with Crippen molar-refractivity contribution in [2.75, 3.05) is 18.8 Å². The van der Waals surface area contributed by atoms with Crippen LogP contribution in [0.3, 0.4) is 0 Å². The molecule has 0 radical (unpaired) electrons. The molecule has 0 spiro atoms. The van der Waals surface area contributed by atoms with Crippen molar-refractivity contribution in [3.8, 4) is 0 Å². The van der Waals surface area contributed by atoms with Crippen molar-refractivity contribution in [3.05, 3.63) is 30.5 Å². The van der Waals surface area contributed by atoms with Crippen molar-refractivity contribution in [3.63, 3.8) is 0 Å². The number of fused-ring (bicyclic) bond motifs is 1. The zero-order valence-electron chi connectivity index (χ0n) is 14.9. The second-order valence-corrected chi connectivity index (χ2v) is 8.72. The van der Waals surface area contributed by atoms with E-state index in [4.69, 9.17) is 0 Å². The molecule has 2 atom stereocenters. The number of likely N-dealkylation sites (tertiary alicyclic amines) is 1. The maximum Gasteiger partial charge on any atom is 0.233 e. The van der Waals surface area contributed by atoms with E-state index in [9.17, 15) is 9.90 Å². The molecule has 0 bridgehead atoms. The second kappa shape index (κ2) is 6.36. The van der Waals surface area contributed by atoms with Crippen LogP contribution in [0, 0.1) is 11.8 Å². The molecule has 1 N–H and O–H groups in total. The van der Waals surface area contributed by atoms with Gasteiger partial charge in [0.25, 0.3) is 0 Å². The lowest BCUT2D eigenvalue weighted by Gasteiger charge is -2.41. The Morgan fingerprint density at radius 2 is 2.12 bits per heavy atom. The lowest BCUT2D eigenvalue weighted by atomic mass is 9.69. The Balaban J connectivity index is 1.42. The summed E-state index contributed by atoms with van der Waals surface area (Å²) in [7, 11) is 2.04. The SMILES string of the molecule is C[C@@H]1CN(C(=O)CSc2cn(C)c3ccccc23)C[C@@]1(O)C1CCC1. The van der Waals surface area contributed by atoms with Crippen molar-refractivity contribution in [1.29, 1.82) is 0 Å². The van der Waals surface area contributed by atoms with Crippen LogP contribution in [0.25, 0.3) is 10.9 Å². The number of para-hydroxylation sites is 1. The maximum atomic E-state index is 12.7. The van der Waals surface area contributed by atoms with Gasteiger partial charge in [-0.05, 0) is 24.8 Å². The minimum Gasteiger partial charge on any atom is -0.387 e. The zero-order valence-corrected chi connectivity index (χ0v) is 15.8. The first-order valence-corrected chi connectivity index (χ1v) is 10.1. The number of nitrogens with zero attached hydrogens (tertiary/aromatic N) is 2. The lowest BCUT2D eigenvalue weighted by molar-refractivity contribution is -0.129. The Morgan fingerprint density at radius 3 is 2.84 bits per heavy atom. The van der Waals surface area contributed by atoms with Crippen molar-refractivity contribution in [2.24, 2.45) is 18.9 Å². The summed E-state index contributed by atoms with van der Waals surface area (Å²) in [4.78, 5) is 15.7. The van der Waals surface area contributed by atoms with E-state index in [1.54, 1.807) is 11.8 Å². The monoisotopic (exact) mass is 358 g/mol. The Bertz CT molecular complexity index is 798. The summed E-state index contributed by atoms with van der Waals surface area (Å²) >= 11 is 1.60. The van der Waals surface area contributed by atoms with Gasteiger partial charge in [0.2, 0.25) is 5.91 Å². The molecule has 1 aliphatic carbocycles. The minimum atomic E-state index is -0.669. The number of thioether (sulfide) groups is 1. The standard InChI is InChI=1S/C20H26N2O2S/c1-14-10-22(13-20(14,24)15-6-5-7-15)19(23)12-25-18-11-21(2)17-9-4-3-8-16(17)18/h3-4,8-9,11,14-15,24H,5-7,10,12-13H2,1-2H3/t14-,20+/m1/s1. The molecule has 134 valence electrons. The first-order chi connectivity index (χ1) is 12.0. The summed E-state index contributed by atoms with van der Waals surface area (Å²) in [6.07, 6.45) is 5.52. The molecule has 1 saturated heterocycles. The molecule has 2 fully saturated rings. The number of rotatable bonds is 4. The molecule has 4 nitrogen and oxygen atoms in total. The van der Waals surface area contributed by atoms with Crippen molar-refractivity contribution < 1.29 is 9.90 Å². The fourth-order valence-corrected chi connectivity index (χ4v) is 5.32. The summed E-state index contributed by atoms with van der Waals surface area (Å²) in [5, 5.41) is 12.2. The van der Waals surface area contributed by atoms with Gasteiger partial charge in [0.1, 0.15) is 0 Å². The van der Waals surface area contributed by atoms with Gasteiger partial charge in [-0.3, -0.25) is 4.79 Å². The predicted molar refractivity (Wildman–Crippen MR) is 102 cm³/mol. The average Bonchev–Trinajstić information content (AvgIpc) is 3.02. The first kappa shape index (κ1) is 17.0. The number of hydrogen-bond donors (Lipinski definition) is 1. The van der Waals surface area contributed by atoms with E-state index in [0.29, 0.717) is 24.8 Å². The number of aliphatic hydroxyl groups is 1. The molecule has 2 aliphatic rings. The number of carbonyl (C=O) groups excluding carboxylic acids is 1. The Labute approximate surface area is 153 Å². The van der Waals surface area contributed by atoms with E-state index in [2.05, 4.69) is 29.8 Å². The van der Waals surface area contributed by atoms with E-state index in [-0.39, 0.29) is 11.8 Å². The first-order valence-electron chi connectivity index (χ1n) is 9.16. The molecule has 25 heavy (non-hydrogen) atoms. The second-order valence-electron chi connectivity index (χ2n) is 7.70. The van der Waals surface area contributed by atoms with Crippen LogP contribution in [-0.4, -0.2) is 44.9 Å². The smallest absolute Gasteiger partial charge is 0.233 e. The molecule has 1 aliphatic heterocycles. The van der Waals surface area contributed by atoms with Gasteiger partial charge in [-0.1, -0.05) is 31.5 Å². The van der Waals surface area contributed by atoms with E-state index in [0.717, 1.165) is 17.7 Å². The van der Waals surface area contributed by atoms with Crippen LogP contribution in [0.2, 0.25) is 0 Å². The summed E-state index contributed by atoms with van der Waals surface area (Å²) < 4.78 is 2.11. The molecule has 4 rings (SSSR count). The van der Waals surface area contributed by atoms with Crippen LogP contribution in [0.5, 0.6) is 0 Å². The van der Waals surface area contributed by atoms with Crippen LogP contribution in [-0.2, 0) is 11.8 Å². The highest BCUT2D eigenvalue weighted by molar-refractivity contribution is 8.00. The Morgan fingerprint density at radius 1 is 1.36 bits per heavy atom. The highest BCUT2D eigenvalue weighted by atomic mass is 32.2. The fraction of sp³-hybridized carbons (Fsp3) is 0.550. The Hall–Kier alpha value is -1.46. The van der Waals surface area contributed by atoms with Gasteiger partial charge in [0.05, 0.1) is 17.9 Å². The third-order valence-electron chi connectivity index (χ3n) is 6.17. The molecule has 0 unspecified atom stereocenters. The molecule has 5 heteroatoms. The number of carbonyl (C=O) groups is 1. The molecular weight excluding hydrogens is 332 g/mol. The van der Waals surface area contributed by atoms with Crippen LogP contribution >= 0.6 is 11.8 Å². The van der Waals surface area contributed by atoms with Gasteiger partial charge in [-0.15, -0.1) is 11.8 Å². The minimum absolute atomic E-state index is 0.139. The van der Waals surface area contributed by atoms with E-state index in [1.807, 2.05) is 24.1 Å². The number of benzene rings is 1. The van der Waals surface area contributed by atoms with Gasteiger partial charge < -0.3 is 14.6 Å². The van der Waals surface area contributed by atoms with Crippen LogP contribution < -0.4 is 0 Å². The van der Waals surface area contributed by atoms with Crippen LogP contribution in [0.15, 0.2) is 35.4 Å². The highest BCUT2D eigenvalue weighted by Crippen LogP contribution is 2.44. The van der Waals surface area contributed by atoms with Gasteiger partial charge in [-0.25, -0.2) is 0 Å². The predicted octanol–water partition coefficient (Wildman–Crippen LogP) is 3.28. The zero-order chi connectivity index (χ0) is 17.6. The van der Waals surface area contributed by atoms with E-state index < -0.39 is 5.60 Å². The number of amides is 1. The molecule has 1 aromatic carbocycles. The number of hydrogen-bond acceptors (Lipinski definition) is 3. The third-order valence-corrected chi connectivity index (χ3v) is 7.20. The maximum absolute atomic E-state index is 12.7. The quantitative estimate of drug-likeness (QED) is 0.853. The summed E-state index contributed by atoms with van der Waals surface area (Å²) in [6, 6.07) is 8.28. The van der Waals surface area contributed by atoms with Gasteiger partial charge >= 0.3 is 0 Å². The molecule has 1 amide bonds. The van der Waals surface area contributed by atoms with E-state index >= 15 is 0 Å². The number of aromatic nitrogens is 1. The number of β-amino-alcohol motifs (C(OH)–C–C–N with tert-alkyl or cyclic N) is 1. The normalized spacial score (nSPS) is 27.0. The van der Waals surface area contributed by atoms with Gasteiger partial charge in [0.15, 0.2) is 0 Å². The van der Waals surface area contributed by atoms with E-state index in [1.165, 1.54) is 17.3 Å². The Kier molecular flexibility index (Phi) is 4.32. The van der Waals surface area contributed by atoms with Gasteiger partial charge in [-0.2, -0.15) is 0 Å². The largest absolute Gasteiger partial charge is 0.387 e. The van der Waals surface area contributed by atoms with Crippen LogP contribution in [0.4, 0.5) is 0 Å². The van der Waals surface area contributed by atoms with Crippen molar-refractivity contribution in [2.45, 2.75) is 36.7 Å². The van der Waals surface area contributed by atoms with Gasteiger partial charge in [0, 0.05) is 41.5 Å². The number of aryl methyl sites for hydroxylation is 1. The summed E-state index contributed by atoms with van der Waals surface area (Å²) in [5.74, 6) is 1.12. The molecule has 2 heterocycles. The lowest BCUT2D eigenvalue weighted by Crippen LogP contribution is -2.48. The summed E-state index contributed by atoms with van der Waals surface area (Å²) in [5.41, 5.74) is 0.518. The average molecular weight is 359 g/mol. The topological polar surface area (TPSA) is 45.5 Å². The fourth-order valence-electron chi connectivity index (χ4n) is 4.29. The van der Waals surface area contributed by atoms with Crippen molar-refractivity contribution >= 4 is 28.6 Å². The van der Waals surface area contributed by atoms with Crippen molar-refractivity contribution in [1.82, 2.24) is 9.47 Å². The molecule has 2 aromatic rings. The van der Waals surface area contributed by atoms with Crippen LogP contribution in [0.1, 0.15) is 26.2 Å². The third kappa shape index (κ3) is 2.87.